The number of nitrogens with zero attached hydrogens (tertiary/aromatic N) is 2. The topological polar surface area (TPSA) is 76.1 Å². The van der Waals surface area contributed by atoms with Gasteiger partial charge in [-0.2, -0.15) is 0 Å². The molecule has 0 spiro atoms. The van der Waals surface area contributed by atoms with Crippen LogP contribution in [0.3, 0.4) is 0 Å². The second-order valence-electron chi connectivity index (χ2n) is 4.24. The lowest BCUT2D eigenvalue weighted by Gasteiger charge is -2.16. The van der Waals surface area contributed by atoms with E-state index in [0.29, 0.717) is 24.8 Å². The van der Waals surface area contributed by atoms with Crippen LogP contribution in [0.5, 0.6) is 5.88 Å². The summed E-state index contributed by atoms with van der Waals surface area (Å²) >= 11 is 0. The lowest BCUT2D eigenvalue weighted by molar-refractivity contribution is -0.121. The zero-order valence-corrected chi connectivity index (χ0v) is 12.0. The van der Waals surface area contributed by atoms with Crippen LogP contribution in [0.2, 0.25) is 0 Å². The number of aromatic nitrogens is 2. The smallest absolute Gasteiger partial charge is 0.242 e. The summed E-state index contributed by atoms with van der Waals surface area (Å²) in [6.07, 6.45) is 2.34. The number of nitrogens with one attached hydrogen (secondary N) is 2. The van der Waals surface area contributed by atoms with E-state index in [1.807, 2.05) is 20.8 Å². The van der Waals surface area contributed by atoms with Gasteiger partial charge in [0.15, 0.2) is 0 Å². The van der Waals surface area contributed by atoms with Crippen LogP contribution < -0.4 is 15.4 Å². The molecular formula is C13H22N4O2. The van der Waals surface area contributed by atoms with Crippen LogP contribution in [-0.4, -0.2) is 35.1 Å². The number of carbonyl (C=O) groups excluding carboxylic acids is 1. The van der Waals surface area contributed by atoms with Gasteiger partial charge in [-0.1, -0.05) is 6.92 Å². The fourth-order valence-corrected chi connectivity index (χ4v) is 1.53. The van der Waals surface area contributed by atoms with Crippen LogP contribution in [0.1, 0.15) is 32.8 Å². The first-order valence-corrected chi connectivity index (χ1v) is 6.58. The van der Waals surface area contributed by atoms with Crippen molar-refractivity contribution in [1.29, 1.82) is 0 Å². The Labute approximate surface area is 114 Å². The molecule has 1 aromatic rings. The first-order valence-electron chi connectivity index (χ1n) is 6.58. The first kappa shape index (κ1) is 15.2. The molecule has 1 amide bonds. The van der Waals surface area contributed by atoms with Gasteiger partial charge < -0.3 is 15.4 Å². The summed E-state index contributed by atoms with van der Waals surface area (Å²) in [7, 11) is 0. The number of carbonyl (C=O) groups is 1. The molecule has 106 valence electrons. The summed E-state index contributed by atoms with van der Waals surface area (Å²) < 4.78 is 5.39. The number of rotatable bonds is 7. The van der Waals surface area contributed by atoms with E-state index in [9.17, 15) is 4.79 Å². The normalized spacial score (nSPS) is 11.8. The molecule has 0 saturated carbocycles. The van der Waals surface area contributed by atoms with Crippen molar-refractivity contribution in [2.45, 2.75) is 40.2 Å². The number of ether oxygens (including phenoxy) is 1. The first-order chi connectivity index (χ1) is 9.10. The van der Waals surface area contributed by atoms with E-state index in [2.05, 4.69) is 20.6 Å². The van der Waals surface area contributed by atoms with Gasteiger partial charge in [-0.3, -0.25) is 4.79 Å². The third-order valence-electron chi connectivity index (χ3n) is 2.61. The van der Waals surface area contributed by atoms with Gasteiger partial charge in [0.25, 0.3) is 0 Å². The average molecular weight is 266 g/mol. The lowest BCUT2D eigenvalue weighted by Crippen LogP contribution is -2.38. The zero-order valence-electron chi connectivity index (χ0n) is 12.0. The minimum absolute atomic E-state index is 0.0437. The second kappa shape index (κ2) is 7.56. The Balaban J connectivity index is 2.71. The number of anilines is 1. The van der Waals surface area contributed by atoms with Gasteiger partial charge in [-0.15, -0.1) is 0 Å². The molecule has 0 aliphatic carbocycles. The minimum atomic E-state index is -0.352. The predicted octanol–water partition coefficient (Wildman–Crippen LogP) is 1.51. The molecule has 1 atom stereocenters. The van der Waals surface area contributed by atoms with Crippen molar-refractivity contribution >= 4 is 11.7 Å². The molecule has 0 aliphatic rings. The van der Waals surface area contributed by atoms with Crippen molar-refractivity contribution in [3.05, 3.63) is 11.9 Å². The second-order valence-corrected chi connectivity index (χ2v) is 4.24. The number of hydrogen-bond acceptors (Lipinski definition) is 5. The minimum Gasteiger partial charge on any atom is -0.478 e. The maximum atomic E-state index is 11.8. The Bertz CT molecular complexity index is 423. The average Bonchev–Trinajstić information content (AvgIpc) is 2.40. The summed E-state index contributed by atoms with van der Waals surface area (Å²) in [6, 6.07) is -0.352. The summed E-state index contributed by atoms with van der Waals surface area (Å²) in [4.78, 5) is 20.0. The molecule has 6 nitrogen and oxygen atoms in total. The molecule has 0 radical (unpaired) electrons. The van der Waals surface area contributed by atoms with Gasteiger partial charge in [0.2, 0.25) is 11.8 Å². The van der Waals surface area contributed by atoms with Crippen molar-refractivity contribution in [2.24, 2.45) is 0 Å². The molecule has 0 fully saturated rings. The standard InChI is InChI=1S/C13H22N4O2/c1-5-7-14-12(18)10(4)17-11-9(3)13(19-6-2)16-8-15-11/h8,10H,5-7H2,1-4H3,(H,14,18)(H,15,16,17). The van der Waals surface area contributed by atoms with Crippen molar-refractivity contribution in [1.82, 2.24) is 15.3 Å². The Kier molecular flexibility index (Phi) is 6.05. The van der Waals surface area contributed by atoms with E-state index in [4.69, 9.17) is 4.74 Å². The van der Waals surface area contributed by atoms with Crippen molar-refractivity contribution in [3.63, 3.8) is 0 Å². The van der Waals surface area contributed by atoms with Gasteiger partial charge in [0.05, 0.1) is 12.2 Å². The molecule has 19 heavy (non-hydrogen) atoms. The molecule has 0 aliphatic heterocycles. The van der Waals surface area contributed by atoms with Crippen LogP contribution in [-0.2, 0) is 4.79 Å². The van der Waals surface area contributed by atoms with E-state index in [1.165, 1.54) is 6.33 Å². The zero-order chi connectivity index (χ0) is 14.3. The Morgan fingerprint density at radius 1 is 1.42 bits per heavy atom. The van der Waals surface area contributed by atoms with Crippen molar-refractivity contribution < 1.29 is 9.53 Å². The molecule has 0 aromatic carbocycles. The monoisotopic (exact) mass is 266 g/mol. The maximum Gasteiger partial charge on any atom is 0.242 e. The summed E-state index contributed by atoms with van der Waals surface area (Å²) in [5, 5.41) is 5.91. The Morgan fingerprint density at radius 2 is 2.16 bits per heavy atom. The van der Waals surface area contributed by atoms with Crippen LogP contribution in [0.4, 0.5) is 5.82 Å². The van der Waals surface area contributed by atoms with Gasteiger partial charge in [0, 0.05) is 6.54 Å². The van der Waals surface area contributed by atoms with Crippen LogP contribution in [0.15, 0.2) is 6.33 Å². The summed E-state index contributed by atoms with van der Waals surface area (Å²) in [5.74, 6) is 1.12. The fourth-order valence-electron chi connectivity index (χ4n) is 1.53. The Hall–Kier alpha value is -1.85. The SMILES string of the molecule is CCCNC(=O)C(C)Nc1ncnc(OCC)c1C. The van der Waals surface area contributed by atoms with Crippen molar-refractivity contribution in [2.75, 3.05) is 18.5 Å². The van der Waals surface area contributed by atoms with Gasteiger partial charge in [-0.05, 0) is 27.2 Å². The van der Waals surface area contributed by atoms with Crippen LogP contribution in [0.25, 0.3) is 0 Å². The third-order valence-corrected chi connectivity index (χ3v) is 2.61. The predicted molar refractivity (Wildman–Crippen MR) is 74.3 cm³/mol. The third kappa shape index (κ3) is 4.39. The molecule has 1 rings (SSSR count). The molecule has 1 heterocycles. The largest absolute Gasteiger partial charge is 0.478 e. The van der Waals surface area contributed by atoms with Gasteiger partial charge >= 0.3 is 0 Å². The molecule has 0 saturated heterocycles. The van der Waals surface area contributed by atoms with Gasteiger partial charge in [0.1, 0.15) is 18.2 Å². The van der Waals surface area contributed by atoms with Crippen molar-refractivity contribution in [3.8, 4) is 5.88 Å². The molecular weight excluding hydrogens is 244 g/mol. The number of amides is 1. The van der Waals surface area contributed by atoms with E-state index in [1.54, 1.807) is 6.92 Å². The quantitative estimate of drug-likeness (QED) is 0.782. The van der Waals surface area contributed by atoms with Crippen LogP contribution in [0, 0.1) is 6.92 Å². The van der Waals surface area contributed by atoms with Gasteiger partial charge in [-0.25, -0.2) is 9.97 Å². The highest BCUT2D eigenvalue weighted by molar-refractivity contribution is 5.84. The van der Waals surface area contributed by atoms with E-state index >= 15 is 0 Å². The van der Waals surface area contributed by atoms with E-state index in [-0.39, 0.29) is 11.9 Å². The highest BCUT2D eigenvalue weighted by atomic mass is 16.5. The van der Waals surface area contributed by atoms with E-state index < -0.39 is 0 Å². The van der Waals surface area contributed by atoms with Crippen LogP contribution >= 0.6 is 0 Å². The summed E-state index contributed by atoms with van der Waals surface area (Å²) in [6.45, 7) is 8.80. The molecule has 1 aromatic heterocycles. The maximum absolute atomic E-state index is 11.8. The fraction of sp³-hybridized carbons (Fsp3) is 0.615. The Morgan fingerprint density at radius 3 is 2.79 bits per heavy atom. The summed E-state index contributed by atoms with van der Waals surface area (Å²) in [5.41, 5.74) is 0.805. The van der Waals surface area contributed by atoms with E-state index in [0.717, 1.165) is 12.0 Å². The molecule has 0 bridgehead atoms. The number of hydrogen-bond donors (Lipinski definition) is 2. The molecule has 2 N–H and O–H groups in total. The highest BCUT2D eigenvalue weighted by Crippen LogP contribution is 2.20. The molecule has 6 heteroatoms. The molecule has 1 unspecified atom stereocenters. The lowest BCUT2D eigenvalue weighted by atomic mass is 10.2. The highest BCUT2D eigenvalue weighted by Gasteiger charge is 2.15.